The number of imidazole rings is 1. The quantitative estimate of drug-likeness (QED) is 0.552. The van der Waals surface area contributed by atoms with Gasteiger partial charge in [-0.2, -0.15) is 0 Å². The van der Waals surface area contributed by atoms with Crippen LogP contribution in [0, 0.1) is 0 Å². The van der Waals surface area contributed by atoms with Crippen molar-refractivity contribution in [3.8, 4) is 0 Å². The van der Waals surface area contributed by atoms with Crippen LogP contribution in [-0.2, 0) is 12.8 Å². The minimum Gasteiger partial charge on any atom is -0.396 e. The number of aromatic nitrogens is 2. The highest BCUT2D eigenvalue weighted by molar-refractivity contribution is 5.11. The van der Waals surface area contributed by atoms with E-state index in [4.69, 9.17) is 10.8 Å². The van der Waals surface area contributed by atoms with Gasteiger partial charge in [0.15, 0.2) is 0 Å². The molecule has 0 radical (unpaired) electrons. The van der Waals surface area contributed by atoms with E-state index in [1.165, 1.54) is 5.69 Å². The minimum atomic E-state index is 0.264. The van der Waals surface area contributed by atoms with Gasteiger partial charge in [-0.15, -0.1) is 0 Å². The van der Waals surface area contributed by atoms with E-state index >= 15 is 0 Å². The minimum absolute atomic E-state index is 0.264. The summed E-state index contributed by atoms with van der Waals surface area (Å²) < 4.78 is 0. The summed E-state index contributed by atoms with van der Waals surface area (Å²) in [6, 6.07) is 0. The first-order valence-corrected chi connectivity index (χ1v) is 4.70. The molecule has 0 atom stereocenters. The number of aliphatic hydroxyl groups excluding tert-OH is 1. The Bertz CT molecular complexity index is 235. The first-order valence-electron chi connectivity index (χ1n) is 4.70. The Morgan fingerprint density at radius 2 is 2.23 bits per heavy atom. The predicted octanol–water partition coefficient (Wildman–Crippen LogP) is 0.226. The Hall–Kier alpha value is -0.870. The van der Waals surface area contributed by atoms with E-state index in [1.54, 1.807) is 6.33 Å². The molecule has 74 valence electrons. The van der Waals surface area contributed by atoms with Crippen LogP contribution >= 0.6 is 0 Å². The van der Waals surface area contributed by atoms with Gasteiger partial charge in [0.05, 0.1) is 12.0 Å². The Morgan fingerprint density at radius 1 is 1.38 bits per heavy atom. The van der Waals surface area contributed by atoms with Gasteiger partial charge < -0.3 is 15.8 Å². The monoisotopic (exact) mass is 183 g/mol. The third-order valence-electron chi connectivity index (χ3n) is 2.02. The largest absolute Gasteiger partial charge is 0.396 e. The van der Waals surface area contributed by atoms with Crippen LogP contribution in [0.5, 0.6) is 0 Å². The average molecular weight is 183 g/mol. The van der Waals surface area contributed by atoms with Crippen molar-refractivity contribution in [3.63, 3.8) is 0 Å². The SMILES string of the molecule is NCCc1nc[nH]c1CCCCO. The molecular weight excluding hydrogens is 166 g/mol. The number of unbranched alkanes of at least 4 members (excludes halogenated alkanes) is 1. The molecule has 0 amide bonds. The molecule has 4 N–H and O–H groups in total. The smallest absolute Gasteiger partial charge is 0.0925 e. The van der Waals surface area contributed by atoms with Crippen LogP contribution in [0.1, 0.15) is 24.2 Å². The van der Waals surface area contributed by atoms with Crippen molar-refractivity contribution in [1.82, 2.24) is 9.97 Å². The van der Waals surface area contributed by atoms with Gasteiger partial charge in [0.1, 0.15) is 0 Å². The lowest BCUT2D eigenvalue weighted by Crippen LogP contribution is -2.05. The summed E-state index contributed by atoms with van der Waals surface area (Å²) in [5, 5.41) is 8.62. The maximum atomic E-state index is 8.62. The molecule has 4 nitrogen and oxygen atoms in total. The fraction of sp³-hybridized carbons (Fsp3) is 0.667. The van der Waals surface area contributed by atoms with Gasteiger partial charge in [-0.3, -0.25) is 0 Å². The zero-order valence-electron chi connectivity index (χ0n) is 7.79. The summed E-state index contributed by atoms with van der Waals surface area (Å²) in [5.74, 6) is 0. The summed E-state index contributed by atoms with van der Waals surface area (Å²) in [6.07, 6.45) is 5.34. The number of nitrogens with two attached hydrogens (primary N) is 1. The number of hydrogen-bond donors (Lipinski definition) is 3. The van der Waals surface area contributed by atoms with E-state index < -0.39 is 0 Å². The van der Waals surface area contributed by atoms with Crippen LogP contribution in [0.3, 0.4) is 0 Å². The van der Waals surface area contributed by atoms with E-state index in [-0.39, 0.29) is 6.61 Å². The molecule has 1 rings (SSSR count). The molecule has 13 heavy (non-hydrogen) atoms. The van der Waals surface area contributed by atoms with Crippen LogP contribution < -0.4 is 5.73 Å². The standard InChI is InChI=1S/C9H17N3O/c10-5-4-9-8(11-7-12-9)3-1-2-6-13/h7,13H,1-6,10H2,(H,11,12). The van der Waals surface area contributed by atoms with E-state index in [9.17, 15) is 0 Å². The normalized spacial score (nSPS) is 10.6. The molecule has 0 saturated carbocycles. The topological polar surface area (TPSA) is 74.9 Å². The molecule has 0 fully saturated rings. The highest BCUT2D eigenvalue weighted by Gasteiger charge is 2.03. The molecule has 1 aromatic heterocycles. The van der Waals surface area contributed by atoms with E-state index in [0.29, 0.717) is 6.54 Å². The summed E-state index contributed by atoms with van der Waals surface area (Å²) in [4.78, 5) is 7.29. The number of aromatic amines is 1. The number of aliphatic hydroxyl groups is 1. The van der Waals surface area contributed by atoms with Gasteiger partial charge in [0, 0.05) is 18.7 Å². The third-order valence-corrected chi connectivity index (χ3v) is 2.02. The Labute approximate surface area is 78.2 Å². The van der Waals surface area contributed by atoms with E-state index in [2.05, 4.69) is 9.97 Å². The molecular formula is C9H17N3O. The van der Waals surface area contributed by atoms with Gasteiger partial charge >= 0.3 is 0 Å². The molecule has 0 aliphatic rings. The number of nitrogens with zero attached hydrogens (tertiary/aromatic N) is 1. The zero-order chi connectivity index (χ0) is 9.52. The second-order valence-electron chi connectivity index (χ2n) is 3.05. The van der Waals surface area contributed by atoms with Gasteiger partial charge in [0.25, 0.3) is 0 Å². The number of rotatable bonds is 6. The second-order valence-corrected chi connectivity index (χ2v) is 3.05. The van der Waals surface area contributed by atoms with Crippen molar-refractivity contribution in [2.75, 3.05) is 13.2 Å². The maximum absolute atomic E-state index is 8.62. The average Bonchev–Trinajstić information content (AvgIpc) is 2.54. The Kier molecular flexibility index (Phi) is 4.49. The fourth-order valence-electron chi connectivity index (χ4n) is 1.33. The van der Waals surface area contributed by atoms with Crippen LogP contribution in [0.25, 0.3) is 0 Å². The van der Waals surface area contributed by atoms with Crippen molar-refractivity contribution in [2.45, 2.75) is 25.7 Å². The molecule has 4 heteroatoms. The lowest BCUT2D eigenvalue weighted by Gasteiger charge is -2.00. The zero-order valence-corrected chi connectivity index (χ0v) is 7.79. The molecule has 0 aliphatic heterocycles. The molecule has 0 bridgehead atoms. The van der Waals surface area contributed by atoms with Crippen LogP contribution in [0.15, 0.2) is 6.33 Å². The van der Waals surface area contributed by atoms with Crippen LogP contribution in [0.4, 0.5) is 0 Å². The Morgan fingerprint density at radius 3 is 2.92 bits per heavy atom. The summed E-state index contributed by atoms with van der Waals surface area (Å²) in [7, 11) is 0. The van der Waals surface area contributed by atoms with Crippen molar-refractivity contribution in [2.24, 2.45) is 5.73 Å². The number of H-pyrrole nitrogens is 1. The van der Waals surface area contributed by atoms with Gasteiger partial charge in [0.2, 0.25) is 0 Å². The van der Waals surface area contributed by atoms with Crippen molar-refractivity contribution in [3.05, 3.63) is 17.7 Å². The second kappa shape index (κ2) is 5.72. The summed E-state index contributed by atoms with van der Waals surface area (Å²) >= 11 is 0. The summed E-state index contributed by atoms with van der Waals surface area (Å²) in [5.41, 5.74) is 7.69. The maximum Gasteiger partial charge on any atom is 0.0925 e. The lowest BCUT2D eigenvalue weighted by atomic mass is 10.1. The fourth-order valence-corrected chi connectivity index (χ4v) is 1.33. The van der Waals surface area contributed by atoms with E-state index in [1.807, 2.05) is 0 Å². The van der Waals surface area contributed by atoms with Gasteiger partial charge in [-0.05, 0) is 25.8 Å². The van der Waals surface area contributed by atoms with Gasteiger partial charge in [-0.1, -0.05) is 0 Å². The van der Waals surface area contributed by atoms with Crippen molar-refractivity contribution < 1.29 is 5.11 Å². The molecule has 0 saturated heterocycles. The number of nitrogens with one attached hydrogen (secondary N) is 1. The molecule has 0 aliphatic carbocycles. The molecule has 0 aromatic carbocycles. The molecule has 0 spiro atoms. The first kappa shape index (κ1) is 10.2. The lowest BCUT2D eigenvalue weighted by molar-refractivity contribution is 0.284. The summed E-state index contributed by atoms with van der Waals surface area (Å²) in [6.45, 7) is 0.901. The number of aryl methyl sites for hydroxylation is 1. The van der Waals surface area contributed by atoms with Crippen LogP contribution in [0.2, 0.25) is 0 Å². The molecule has 1 heterocycles. The predicted molar refractivity (Wildman–Crippen MR) is 51.4 cm³/mol. The highest BCUT2D eigenvalue weighted by Crippen LogP contribution is 2.07. The van der Waals surface area contributed by atoms with E-state index in [0.717, 1.165) is 31.4 Å². The van der Waals surface area contributed by atoms with Crippen LogP contribution in [-0.4, -0.2) is 28.2 Å². The Balaban J connectivity index is 2.40. The third kappa shape index (κ3) is 3.16. The molecule has 1 aromatic rings. The highest BCUT2D eigenvalue weighted by atomic mass is 16.2. The van der Waals surface area contributed by atoms with Crippen molar-refractivity contribution in [1.29, 1.82) is 0 Å². The number of hydrogen-bond acceptors (Lipinski definition) is 3. The first-order chi connectivity index (χ1) is 6.38. The van der Waals surface area contributed by atoms with Crippen molar-refractivity contribution >= 4 is 0 Å². The van der Waals surface area contributed by atoms with Gasteiger partial charge in [-0.25, -0.2) is 4.98 Å². The molecule has 0 unspecified atom stereocenters.